The summed E-state index contributed by atoms with van der Waals surface area (Å²) in [6, 6.07) is 13.9. The minimum absolute atomic E-state index is 0.177. The van der Waals surface area contributed by atoms with E-state index in [-0.39, 0.29) is 18.1 Å². The third-order valence-corrected chi connectivity index (χ3v) is 6.17. The Hall–Kier alpha value is -3.39. The summed E-state index contributed by atoms with van der Waals surface area (Å²) < 4.78 is 2.60. The van der Waals surface area contributed by atoms with Gasteiger partial charge in [0.2, 0.25) is 5.91 Å². The van der Waals surface area contributed by atoms with Gasteiger partial charge in [0.25, 0.3) is 0 Å². The molecule has 0 aliphatic carbocycles. The highest BCUT2D eigenvalue weighted by molar-refractivity contribution is 7.99. The molecule has 0 radical (unpaired) electrons. The minimum Gasteiger partial charge on any atom is -0.324 e. The van der Waals surface area contributed by atoms with E-state index in [1.165, 1.54) is 26.4 Å². The van der Waals surface area contributed by atoms with Crippen molar-refractivity contribution in [2.24, 2.45) is 0 Å². The highest BCUT2D eigenvalue weighted by Crippen LogP contribution is 2.31. The maximum absolute atomic E-state index is 12.8. The number of nitrogens with one attached hydrogen (secondary N) is 1. The van der Waals surface area contributed by atoms with E-state index in [1.54, 1.807) is 12.4 Å². The first-order valence-electron chi connectivity index (χ1n) is 10.0. The highest BCUT2D eigenvalue weighted by atomic mass is 32.2. The highest BCUT2D eigenvalue weighted by Gasteiger charge is 2.16. The van der Waals surface area contributed by atoms with Crippen LogP contribution < -0.4 is 11.0 Å². The molecule has 0 fully saturated rings. The predicted molar refractivity (Wildman–Crippen MR) is 122 cm³/mol. The van der Waals surface area contributed by atoms with Crippen LogP contribution in [0.15, 0.2) is 69.6 Å². The lowest BCUT2D eigenvalue weighted by Gasteiger charge is -2.11. The zero-order chi connectivity index (χ0) is 22.0. The number of hydrogen-bond donors (Lipinski definition) is 1. The molecule has 4 aromatic rings. The monoisotopic (exact) mass is 433 g/mol. The van der Waals surface area contributed by atoms with Gasteiger partial charge in [-0.05, 0) is 43.0 Å². The second-order valence-electron chi connectivity index (χ2n) is 7.24. The summed E-state index contributed by atoms with van der Waals surface area (Å²) in [4.78, 5) is 31.0. The van der Waals surface area contributed by atoms with Crippen LogP contribution in [0.2, 0.25) is 0 Å². The van der Waals surface area contributed by atoms with Crippen molar-refractivity contribution < 1.29 is 4.79 Å². The molecule has 0 unspecified atom stereocenters. The fraction of sp³-hybridized carbons (Fsp3) is 0.217. The number of benzene rings is 2. The number of fused-ring (bicyclic) bond motifs is 1. The van der Waals surface area contributed by atoms with E-state index < -0.39 is 0 Å². The summed E-state index contributed by atoms with van der Waals surface area (Å²) in [7, 11) is 0. The molecule has 0 atom stereocenters. The average molecular weight is 434 g/mol. The van der Waals surface area contributed by atoms with Gasteiger partial charge in [0.05, 0.1) is 0 Å². The molecule has 0 spiro atoms. The van der Waals surface area contributed by atoms with Crippen molar-refractivity contribution in [2.45, 2.75) is 43.7 Å². The molecule has 1 amide bonds. The van der Waals surface area contributed by atoms with Gasteiger partial charge in [0.1, 0.15) is 11.6 Å². The molecule has 31 heavy (non-hydrogen) atoms. The van der Waals surface area contributed by atoms with Gasteiger partial charge in [0, 0.05) is 23.0 Å². The smallest absolute Gasteiger partial charge is 0.324 e. The van der Waals surface area contributed by atoms with Crippen molar-refractivity contribution >= 4 is 29.0 Å². The summed E-state index contributed by atoms with van der Waals surface area (Å²) in [5.74, 6) is -0.304. The molecule has 4 rings (SSSR count). The van der Waals surface area contributed by atoms with Crippen LogP contribution in [0.25, 0.3) is 5.65 Å². The van der Waals surface area contributed by atoms with Gasteiger partial charge in [-0.25, -0.2) is 18.9 Å². The molecule has 0 saturated carbocycles. The SMILES string of the molecule is CCc1ccccc1Sc1nccn2c(=O)n(CC(=O)Nc3c(C)cccc3C)nc12. The second kappa shape index (κ2) is 8.77. The summed E-state index contributed by atoms with van der Waals surface area (Å²) in [6.07, 6.45) is 4.04. The van der Waals surface area contributed by atoms with Gasteiger partial charge in [0.15, 0.2) is 5.65 Å². The molecule has 2 aromatic carbocycles. The zero-order valence-electron chi connectivity index (χ0n) is 17.6. The van der Waals surface area contributed by atoms with Gasteiger partial charge in [-0.15, -0.1) is 5.10 Å². The second-order valence-corrected chi connectivity index (χ2v) is 8.28. The Bertz CT molecular complexity index is 1310. The molecular formula is C23H23N5O2S. The molecule has 1 N–H and O–H groups in total. The van der Waals surface area contributed by atoms with E-state index in [1.807, 2.05) is 50.2 Å². The van der Waals surface area contributed by atoms with E-state index in [4.69, 9.17) is 0 Å². The van der Waals surface area contributed by atoms with Crippen molar-refractivity contribution in [1.82, 2.24) is 19.2 Å². The lowest BCUT2D eigenvalue weighted by molar-refractivity contribution is -0.117. The first kappa shape index (κ1) is 20.9. The molecular weight excluding hydrogens is 410 g/mol. The minimum atomic E-state index is -0.375. The molecule has 0 aliphatic rings. The zero-order valence-corrected chi connectivity index (χ0v) is 18.4. The number of nitrogens with zero attached hydrogens (tertiary/aromatic N) is 4. The Morgan fingerprint density at radius 1 is 1.10 bits per heavy atom. The Balaban J connectivity index is 1.63. The Kier molecular flexibility index (Phi) is 5.90. The molecule has 8 heteroatoms. The number of rotatable bonds is 6. The van der Waals surface area contributed by atoms with Gasteiger partial charge in [-0.2, -0.15) is 0 Å². The maximum Gasteiger partial charge on any atom is 0.350 e. The van der Waals surface area contributed by atoms with Crippen molar-refractivity contribution in [2.75, 3.05) is 5.32 Å². The molecule has 2 aromatic heterocycles. The lowest BCUT2D eigenvalue weighted by Crippen LogP contribution is -2.28. The Labute approximate surface area is 184 Å². The number of aryl methyl sites for hydroxylation is 3. The van der Waals surface area contributed by atoms with Crippen molar-refractivity contribution in [3.63, 3.8) is 0 Å². The van der Waals surface area contributed by atoms with E-state index in [9.17, 15) is 9.59 Å². The van der Waals surface area contributed by atoms with Crippen LogP contribution in [0, 0.1) is 13.8 Å². The van der Waals surface area contributed by atoms with Gasteiger partial charge in [-0.1, -0.05) is 55.1 Å². The van der Waals surface area contributed by atoms with Crippen LogP contribution in [0.3, 0.4) is 0 Å². The van der Waals surface area contributed by atoms with Gasteiger partial charge < -0.3 is 5.32 Å². The summed E-state index contributed by atoms with van der Waals surface area (Å²) in [5, 5.41) is 7.93. The first-order valence-corrected chi connectivity index (χ1v) is 10.9. The Morgan fingerprint density at radius 2 is 1.84 bits per heavy atom. The summed E-state index contributed by atoms with van der Waals surface area (Å²) in [5.41, 5.74) is 3.95. The number of hydrogen-bond acceptors (Lipinski definition) is 5. The van der Waals surface area contributed by atoms with Crippen molar-refractivity contribution in [3.8, 4) is 0 Å². The number of para-hydroxylation sites is 1. The Morgan fingerprint density at radius 3 is 2.58 bits per heavy atom. The lowest BCUT2D eigenvalue weighted by atomic mass is 10.1. The summed E-state index contributed by atoms with van der Waals surface area (Å²) in [6.45, 7) is 5.79. The van der Waals surface area contributed by atoms with Crippen molar-refractivity contribution in [3.05, 3.63) is 82.0 Å². The maximum atomic E-state index is 12.8. The number of carbonyl (C=O) groups is 1. The van der Waals surface area contributed by atoms with Crippen LogP contribution in [0.1, 0.15) is 23.6 Å². The molecule has 7 nitrogen and oxygen atoms in total. The topological polar surface area (TPSA) is 81.3 Å². The van der Waals surface area contributed by atoms with E-state index in [2.05, 4.69) is 28.4 Å². The first-order chi connectivity index (χ1) is 15.0. The number of carbonyl (C=O) groups excluding carboxylic acids is 1. The number of aromatic nitrogens is 4. The molecule has 0 aliphatic heterocycles. The molecule has 158 valence electrons. The third-order valence-electron chi connectivity index (χ3n) is 5.07. The van der Waals surface area contributed by atoms with E-state index in [0.717, 1.165) is 28.1 Å². The van der Waals surface area contributed by atoms with Crippen LogP contribution in [0.5, 0.6) is 0 Å². The molecule has 2 heterocycles. The van der Waals surface area contributed by atoms with Gasteiger partial charge in [-0.3, -0.25) is 4.79 Å². The van der Waals surface area contributed by atoms with Crippen molar-refractivity contribution in [1.29, 1.82) is 0 Å². The van der Waals surface area contributed by atoms with Gasteiger partial charge >= 0.3 is 5.69 Å². The standard InChI is InChI=1S/C23H23N5O2S/c1-4-17-10-5-6-11-18(17)31-22-21-26-28(23(30)27(21)13-12-24-22)14-19(29)25-20-15(2)8-7-9-16(20)3/h5-13H,4,14H2,1-3H3,(H,25,29). The van der Waals surface area contributed by atoms with Crippen LogP contribution >= 0.6 is 11.8 Å². The summed E-state index contributed by atoms with van der Waals surface area (Å²) >= 11 is 1.47. The predicted octanol–water partition coefficient (Wildman–Crippen LogP) is 3.86. The third kappa shape index (κ3) is 4.25. The van der Waals surface area contributed by atoms with E-state index >= 15 is 0 Å². The quantitative estimate of drug-likeness (QED) is 0.499. The fourth-order valence-corrected chi connectivity index (χ4v) is 4.47. The van der Waals surface area contributed by atoms with Crippen LogP contribution in [-0.2, 0) is 17.8 Å². The van der Waals surface area contributed by atoms with Crippen LogP contribution in [0.4, 0.5) is 5.69 Å². The van der Waals surface area contributed by atoms with E-state index in [0.29, 0.717) is 10.7 Å². The molecule has 0 bridgehead atoms. The number of anilines is 1. The largest absolute Gasteiger partial charge is 0.350 e. The number of amides is 1. The average Bonchev–Trinajstić information content (AvgIpc) is 3.08. The van der Waals surface area contributed by atoms with Crippen LogP contribution in [-0.4, -0.2) is 25.1 Å². The molecule has 0 saturated heterocycles. The normalized spacial score (nSPS) is 11.1. The fourth-order valence-electron chi connectivity index (χ4n) is 3.43.